The second kappa shape index (κ2) is 7.47. The lowest BCUT2D eigenvalue weighted by Crippen LogP contribution is -2.18. The molecule has 0 fully saturated rings. The van der Waals surface area contributed by atoms with Crippen molar-refractivity contribution in [2.75, 3.05) is 10.6 Å². The highest BCUT2D eigenvalue weighted by Crippen LogP contribution is 2.32. The van der Waals surface area contributed by atoms with Crippen LogP contribution in [0.1, 0.15) is 0 Å². The van der Waals surface area contributed by atoms with Crippen molar-refractivity contribution in [3.63, 3.8) is 0 Å². The number of thiocarbonyl (C=S) groups is 1. The van der Waals surface area contributed by atoms with Crippen molar-refractivity contribution in [2.45, 2.75) is 0 Å². The zero-order valence-corrected chi connectivity index (χ0v) is 17.6. The number of hydrogen-bond donors (Lipinski definition) is 2. The molecule has 0 bridgehead atoms. The number of nitrogens with zero attached hydrogens (tertiary/aromatic N) is 4. The Morgan fingerprint density at radius 1 is 0.594 bits per heavy atom. The van der Waals surface area contributed by atoms with E-state index >= 15 is 0 Å². The molecular weight excluding hydrogens is 416 g/mol. The topological polar surface area (TPSA) is 75.6 Å². The standard InChI is InChI=1S/C25H16N6S/c32-25(28-15-6-2-1-3-7-15)29-16-10-11-19-20(14-16)31-24-18-9-5-13-27-22(18)21-17(23(24)30-19)8-4-12-26-21/h1-14H,(H2,28,29,32). The zero-order chi connectivity index (χ0) is 21.5. The Morgan fingerprint density at radius 3 is 1.91 bits per heavy atom. The first kappa shape index (κ1) is 18.5. The van der Waals surface area contributed by atoms with Crippen molar-refractivity contribution in [1.29, 1.82) is 0 Å². The van der Waals surface area contributed by atoms with Crippen LogP contribution < -0.4 is 10.6 Å². The first-order valence-corrected chi connectivity index (χ1v) is 10.5. The molecule has 0 amide bonds. The molecule has 6 aromatic rings. The van der Waals surface area contributed by atoms with Gasteiger partial charge < -0.3 is 10.6 Å². The Balaban J connectivity index is 1.47. The summed E-state index contributed by atoms with van der Waals surface area (Å²) in [6.07, 6.45) is 3.56. The van der Waals surface area contributed by atoms with Crippen LogP contribution in [0, 0.1) is 0 Å². The predicted molar refractivity (Wildman–Crippen MR) is 134 cm³/mol. The summed E-state index contributed by atoms with van der Waals surface area (Å²) in [5.41, 5.74) is 6.63. The van der Waals surface area contributed by atoms with Crippen LogP contribution >= 0.6 is 12.2 Å². The lowest BCUT2D eigenvalue weighted by atomic mass is 10.1. The third kappa shape index (κ3) is 3.16. The summed E-state index contributed by atoms with van der Waals surface area (Å²) >= 11 is 5.46. The van der Waals surface area contributed by atoms with Gasteiger partial charge in [0.05, 0.1) is 33.1 Å². The highest BCUT2D eigenvalue weighted by Gasteiger charge is 2.14. The normalized spacial score (nSPS) is 11.2. The Morgan fingerprint density at radius 2 is 1.22 bits per heavy atom. The fraction of sp³-hybridized carbons (Fsp3) is 0. The van der Waals surface area contributed by atoms with E-state index in [2.05, 4.69) is 20.6 Å². The molecule has 0 aliphatic rings. The Labute approximate surface area is 188 Å². The van der Waals surface area contributed by atoms with Crippen LogP contribution in [0.2, 0.25) is 0 Å². The van der Waals surface area contributed by atoms with Crippen molar-refractivity contribution in [3.8, 4) is 0 Å². The molecule has 32 heavy (non-hydrogen) atoms. The maximum atomic E-state index is 5.46. The number of rotatable bonds is 2. The Hall–Kier alpha value is -4.23. The van der Waals surface area contributed by atoms with E-state index in [-0.39, 0.29) is 0 Å². The third-order valence-electron chi connectivity index (χ3n) is 5.30. The van der Waals surface area contributed by atoms with Gasteiger partial charge in [-0.25, -0.2) is 9.97 Å². The molecular formula is C25H16N6S. The van der Waals surface area contributed by atoms with Gasteiger partial charge in [0.1, 0.15) is 0 Å². The van der Waals surface area contributed by atoms with Gasteiger partial charge in [0.15, 0.2) is 5.11 Å². The SMILES string of the molecule is S=C(Nc1ccccc1)Nc1ccc2nc3c4cccnc4c4ncccc4c3nc2c1. The van der Waals surface area contributed by atoms with Crippen molar-refractivity contribution in [2.24, 2.45) is 0 Å². The van der Waals surface area contributed by atoms with Gasteiger partial charge in [-0.3, -0.25) is 9.97 Å². The molecule has 6 nitrogen and oxygen atoms in total. The summed E-state index contributed by atoms with van der Waals surface area (Å²) in [5.74, 6) is 0. The second-order valence-electron chi connectivity index (χ2n) is 7.37. The third-order valence-corrected chi connectivity index (χ3v) is 5.51. The van der Waals surface area contributed by atoms with Gasteiger partial charge in [-0.15, -0.1) is 0 Å². The first-order valence-electron chi connectivity index (χ1n) is 10.1. The number of fused-ring (bicyclic) bond motifs is 7. The van der Waals surface area contributed by atoms with E-state index < -0.39 is 0 Å². The van der Waals surface area contributed by atoms with Crippen molar-refractivity contribution < 1.29 is 0 Å². The van der Waals surface area contributed by atoms with E-state index in [1.165, 1.54) is 0 Å². The van der Waals surface area contributed by atoms with E-state index in [0.717, 1.165) is 55.2 Å². The number of hydrogen-bond acceptors (Lipinski definition) is 5. The van der Waals surface area contributed by atoms with Gasteiger partial charge in [-0.05, 0) is 66.8 Å². The fourth-order valence-corrected chi connectivity index (χ4v) is 4.13. The summed E-state index contributed by atoms with van der Waals surface area (Å²) < 4.78 is 0. The van der Waals surface area contributed by atoms with Crippen molar-refractivity contribution >= 4 is 72.6 Å². The Bertz CT molecular complexity index is 1650. The number of benzene rings is 3. The number of anilines is 2. The second-order valence-corrected chi connectivity index (χ2v) is 7.78. The molecule has 3 heterocycles. The van der Waals surface area contributed by atoms with E-state index in [1.807, 2.05) is 72.8 Å². The van der Waals surface area contributed by atoms with Crippen LogP contribution in [0.3, 0.4) is 0 Å². The minimum atomic E-state index is 0.510. The fourth-order valence-electron chi connectivity index (χ4n) is 3.89. The smallest absolute Gasteiger partial charge is 0.175 e. The summed E-state index contributed by atoms with van der Waals surface area (Å²) in [5, 5.41) is 8.80. The maximum Gasteiger partial charge on any atom is 0.175 e. The monoisotopic (exact) mass is 432 g/mol. The van der Waals surface area contributed by atoms with Crippen LogP contribution in [-0.2, 0) is 0 Å². The summed E-state index contributed by atoms with van der Waals surface area (Å²) in [6.45, 7) is 0. The molecule has 0 spiro atoms. The molecule has 0 aliphatic carbocycles. The Kier molecular flexibility index (Phi) is 4.33. The van der Waals surface area contributed by atoms with Gasteiger partial charge in [0, 0.05) is 34.5 Å². The molecule has 2 N–H and O–H groups in total. The van der Waals surface area contributed by atoms with Gasteiger partial charge in [0.2, 0.25) is 0 Å². The van der Waals surface area contributed by atoms with E-state index in [1.54, 1.807) is 12.4 Å². The summed E-state index contributed by atoms with van der Waals surface area (Å²) in [6, 6.07) is 23.5. The molecule has 6 rings (SSSR count). The molecule has 7 heteroatoms. The zero-order valence-electron chi connectivity index (χ0n) is 16.8. The molecule has 0 saturated carbocycles. The van der Waals surface area contributed by atoms with Crippen molar-refractivity contribution in [1.82, 2.24) is 19.9 Å². The van der Waals surface area contributed by atoms with Crippen LogP contribution in [0.5, 0.6) is 0 Å². The number of pyridine rings is 2. The van der Waals surface area contributed by atoms with E-state index in [0.29, 0.717) is 5.11 Å². The molecule has 3 aromatic carbocycles. The minimum Gasteiger partial charge on any atom is -0.332 e. The average molecular weight is 433 g/mol. The highest BCUT2D eigenvalue weighted by atomic mass is 32.1. The van der Waals surface area contributed by atoms with Gasteiger partial charge in [-0.2, -0.15) is 0 Å². The number of para-hydroxylation sites is 1. The summed E-state index contributed by atoms with van der Waals surface area (Å²) in [7, 11) is 0. The van der Waals surface area contributed by atoms with E-state index in [9.17, 15) is 0 Å². The quantitative estimate of drug-likeness (QED) is 0.207. The lowest BCUT2D eigenvalue weighted by molar-refractivity contribution is 1.36. The lowest BCUT2D eigenvalue weighted by Gasteiger charge is -2.12. The maximum absolute atomic E-state index is 5.46. The molecule has 152 valence electrons. The summed E-state index contributed by atoms with van der Waals surface area (Å²) in [4.78, 5) is 19.0. The van der Waals surface area contributed by atoms with Gasteiger partial charge in [-0.1, -0.05) is 18.2 Å². The molecule has 0 radical (unpaired) electrons. The average Bonchev–Trinajstić information content (AvgIpc) is 2.84. The molecule has 0 atom stereocenters. The minimum absolute atomic E-state index is 0.510. The first-order chi connectivity index (χ1) is 15.8. The number of aromatic nitrogens is 4. The van der Waals surface area contributed by atoms with Crippen LogP contribution in [0.15, 0.2) is 85.2 Å². The van der Waals surface area contributed by atoms with Gasteiger partial charge >= 0.3 is 0 Å². The van der Waals surface area contributed by atoms with Crippen molar-refractivity contribution in [3.05, 3.63) is 85.2 Å². The highest BCUT2D eigenvalue weighted by molar-refractivity contribution is 7.80. The van der Waals surface area contributed by atoms with Crippen LogP contribution in [-0.4, -0.2) is 25.0 Å². The van der Waals surface area contributed by atoms with Gasteiger partial charge in [0.25, 0.3) is 0 Å². The van der Waals surface area contributed by atoms with Crippen LogP contribution in [0.4, 0.5) is 11.4 Å². The largest absolute Gasteiger partial charge is 0.332 e. The molecule has 0 saturated heterocycles. The predicted octanol–water partition coefficient (Wildman–Crippen LogP) is 5.69. The van der Waals surface area contributed by atoms with E-state index in [4.69, 9.17) is 22.2 Å². The molecule has 0 unspecified atom stereocenters. The molecule has 3 aromatic heterocycles. The molecule has 0 aliphatic heterocycles. The van der Waals surface area contributed by atoms with Crippen LogP contribution in [0.25, 0.3) is 43.9 Å². The number of nitrogens with one attached hydrogen (secondary N) is 2.